The Hall–Kier alpha value is -1.13. The Morgan fingerprint density at radius 2 is 2.05 bits per heavy atom. The fourth-order valence-electron chi connectivity index (χ4n) is 3.20. The third-order valence-electron chi connectivity index (χ3n) is 4.71. The molecule has 0 aliphatic heterocycles. The summed E-state index contributed by atoms with van der Waals surface area (Å²) < 4.78 is 3.18. The molecule has 1 aromatic heterocycles. The van der Waals surface area contributed by atoms with Crippen molar-refractivity contribution in [2.75, 3.05) is 0 Å². The first-order chi connectivity index (χ1) is 10.1. The Labute approximate surface area is 134 Å². The van der Waals surface area contributed by atoms with Crippen LogP contribution in [0.2, 0.25) is 0 Å². The number of nitrogens with zero attached hydrogens (tertiary/aromatic N) is 2. The largest absolute Gasteiger partial charge is 0.307 e. The molecule has 2 aromatic rings. The molecule has 1 fully saturated rings. The van der Waals surface area contributed by atoms with Crippen LogP contribution in [0.15, 0.2) is 34.9 Å². The maximum Gasteiger partial charge on any atom is 0.0540 e. The van der Waals surface area contributed by atoms with Gasteiger partial charge in [0.05, 0.1) is 6.20 Å². The van der Waals surface area contributed by atoms with Crippen molar-refractivity contribution < 1.29 is 0 Å². The maximum absolute atomic E-state index is 4.33. The number of aromatic nitrogens is 2. The quantitative estimate of drug-likeness (QED) is 0.902. The van der Waals surface area contributed by atoms with Crippen molar-refractivity contribution in [3.8, 4) is 0 Å². The van der Waals surface area contributed by atoms with Gasteiger partial charge in [0.2, 0.25) is 0 Å². The number of halogens is 1. The molecule has 0 radical (unpaired) electrons. The van der Waals surface area contributed by atoms with Gasteiger partial charge in [0, 0.05) is 34.9 Å². The van der Waals surface area contributed by atoms with Crippen molar-refractivity contribution in [3.63, 3.8) is 0 Å². The molecule has 1 saturated carbocycles. The molecule has 1 aromatic carbocycles. The van der Waals surface area contributed by atoms with Crippen LogP contribution in [-0.2, 0) is 7.05 Å². The molecule has 1 heterocycles. The molecule has 0 bridgehead atoms. The molecular weight excluding hydrogens is 326 g/mol. The average molecular weight is 348 g/mol. The van der Waals surface area contributed by atoms with Crippen LogP contribution >= 0.6 is 15.9 Å². The van der Waals surface area contributed by atoms with Crippen LogP contribution in [0.5, 0.6) is 0 Å². The number of hydrogen-bond donors (Lipinski definition) is 1. The number of benzene rings is 1. The molecule has 112 valence electrons. The standard InChI is InChI=1S/C17H22BrN3/c1-11(16-10-19-21(3)12(16)2)20-14-8-13(9-14)15-6-4-5-7-17(15)18/h4-7,10-11,13-14,20H,8-9H2,1-3H3. The van der Waals surface area contributed by atoms with Crippen molar-refractivity contribution in [2.45, 2.75) is 44.7 Å². The van der Waals surface area contributed by atoms with Gasteiger partial charge in [-0.25, -0.2) is 0 Å². The normalized spacial score (nSPS) is 22.9. The third kappa shape index (κ3) is 2.92. The number of hydrogen-bond acceptors (Lipinski definition) is 2. The van der Waals surface area contributed by atoms with Gasteiger partial charge in [-0.15, -0.1) is 0 Å². The lowest BCUT2D eigenvalue weighted by Gasteiger charge is -2.38. The average Bonchev–Trinajstić information content (AvgIpc) is 2.75. The van der Waals surface area contributed by atoms with Gasteiger partial charge < -0.3 is 5.32 Å². The van der Waals surface area contributed by atoms with E-state index in [0.717, 1.165) is 0 Å². The molecule has 4 heteroatoms. The summed E-state index contributed by atoms with van der Waals surface area (Å²) in [5, 5.41) is 8.07. The molecule has 1 aliphatic rings. The Morgan fingerprint density at radius 1 is 1.33 bits per heavy atom. The molecule has 1 N–H and O–H groups in total. The maximum atomic E-state index is 4.33. The fraction of sp³-hybridized carbons (Fsp3) is 0.471. The van der Waals surface area contributed by atoms with Crippen molar-refractivity contribution >= 4 is 15.9 Å². The van der Waals surface area contributed by atoms with Crippen LogP contribution in [0.25, 0.3) is 0 Å². The van der Waals surface area contributed by atoms with E-state index < -0.39 is 0 Å². The van der Waals surface area contributed by atoms with Crippen LogP contribution < -0.4 is 5.32 Å². The summed E-state index contributed by atoms with van der Waals surface area (Å²) in [6, 6.07) is 9.55. The predicted octanol–water partition coefficient (Wildman–Crippen LogP) is 4.09. The van der Waals surface area contributed by atoms with Crippen LogP contribution in [0.4, 0.5) is 0 Å². The van der Waals surface area contributed by atoms with Crippen LogP contribution in [0, 0.1) is 6.92 Å². The Kier molecular flexibility index (Phi) is 4.18. The highest BCUT2D eigenvalue weighted by molar-refractivity contribution is 9.10. The molecule has 0 spiro atoms. The highest BCUT2D eigenvalue weighted by Crippen LogP contribution is 2.40. The fourth-order valence-corrected chi connectivity index (χ4v) is 3.81. The van der Waals surface area contributed by atoms with E-state index >= 15 is 0 Å². The number of rotatable bonds is 4. The molecule has 1 atom stereocenters. The van der Waals surface area contributed by atoms with E-state index in [-0.39, 0.29) is 0 Å². The summed E-state index contributed by atoms with van der Waals surface area (Å²) in [4.78, 5) is 0. The minimum absolute atomic E-state index is 0.365. The van der Waals surface area contributed by atoms with Gasteiger partial charge in [-0.2, -0.15) is 5.10 Å². The number of nitrogens with one attached hydrogen (secondary N) is 1. The summed E-state index contributed by atoms with van der Waals surface area (Å²) in [5.74, 6) is 0.681. The van der Waals surface area contributed by atoms with Gasteiger partial charge >= 0.3 is 0 Å². The van der Waals surface area contributed by atoms with Gasteiger partial charge in [-0.1, -0.05) is 34.1 Å². The van der Waals surface area contributed by atoms with Crippen molar-refractivity contribution in [1.82, 2.24) is 15.1 Å². The minimum atomic E-state index is 0.365. The first kappa shape index (κ1) is 14.8. The Morgan fingerprint density at radius 3 is 2.67 bits per heavy atom. The second-order valence-corrected chi connectivity index (χ2v) is 6.94. The van der Waals surface area contributed by atoms with E-state index in [1.165, 1.54) is 34.1 Å². The highest BCUT2D eigenvalue weighted by atomic mass is 79.9. The lowest BCUT2D eigenvalue weighted by molar-refractivity contribution is 0.270. The first-order valence-corrected chi connectivity index (χ1v) is 8.34. The van der Waals surface area contributed by atoms with Crippen molar-refractivity contribution in [3.05, 3.63) is 51.8 Å². The van der Waals surface area contributed by atoms with Crippen LogP contribution in [0.3, 0.4) is 0 Å². The summed E-state index contributed by atoms with van der Waals surface area (Å²) in [7, 11) is 2.00. The lowest BCUT2D eigenvalue weighted by atomic mass is 9.75. The van der Waals surface area contributed by atoms with Gasteiger partial charge in [-0.3, -0.25) is 4.68 Å². The molecule has 1 unspecified atom stereocenters. The van der Waals surface area contributed by atoms with Gasteiger partial charge in [-0.05, 0) is 44.2 Å². The Balaban J connectivity index is 1.58. The minimum Gasteiger partial charge on any atom is -0.307 e. The molecule has 1 aliphatic carbocycles. The summed E-state index contributed by atoms with van der Waals surface area (Å²) >= 11 is 3.66. The Bertz CT molecular complexity index is 629. The second-order valence-electron chi connectivity index (χ2n) is 6.08. The van der Waals surface area contributed by atoms with E-state index in [1.54, 1.807) is 0 Å². The van der Waals surface area contributed by atoms with Crippen LogP contribution in [-0.4, -0.2) is 15.8 Å². The monoisotopic (exact) mass is 347 g/mol. The van der Waals surface area contributed by atoms with Crippen molar-refractivity contribution in [1.29, 1.82) is 0 Å². The van der Waals surface area contributed by atoms with Gasteiger partial charge in [0.1, 0.15) is 0 Å². The highest BCUT2D eigenvalue weighted by Gasteiger charge is 2.32. The molecule has 3 rings (SSSR count). The zero-order valence-corrected chi connectivity index (χ0v) is 14.4. The zero-order valence-electron chi connectivity index (χ0n) is 12.8. The molecule has 0 amide bonds. The molecule has 3 nitrogen and oxygen atoms in total. The second kappa shape index (κ2) is 5.93. The molecule has 0 saturated heterocycles. The molecular formula is C17H22BrN3. The third-order valence-corrected chi connectivity index (χ3v) is 5.43. The van der Waals surface area contributed by atoms with Gasteiger partial charge in [0.25, 0.3) is 0 Å². The molecule has 21 heavy (non-hydrogen) atoms. The van der Waals surface area contributed by atoms with E-state index in [0.29, 0.717) is 18.0 Å². The summed E-state index contributed by atoms with van der Waals surface area (Å²) in [6.07, 6.45) is 4.41. The van der Waals surface area contributed by atoms with Gasteiger partial charge in [0.15, 0.2) is 0 Å². The van der Waals surface area contributed by atoms with E-state index in [2.05, 4.69) is 64.5 Å². The zero-order chi connectivity index (χ0) is 15.0. The van der Waals surface area contributed by atoms with E-state index in [4.69, 9.17) is 0 Å². The van der Waals surface area contributed by atoms with E-state index in [9.17, 15) is 0 Å². The smallest absolute Gasteiger partial charge is 0.0540 e. The topological polar surface area (TPSA) is 29.9 Å². The van der Waals surface area contributed by atoms with Crippen LogP contribution in [0.1, 0.15) is 48.5 Å². The first-order valence-electron chi connectivity index (χ1n) is 7.55. The predicted molar refractivity (Wildman–Crippen MR) is 89.4 cm³/mol. The number of aryl methyl sites for hydroxylation is 1. The van der Waals surface area contributed by atoms with E-state index in [1.807, 2.05) is 17.9 Å². The summed E-state index contributed by atoms with van der Waals surface area (Å²) in [6.45, 7) is 4.36. The summed E-state index contributed by atoms with van der Waals surface area (Å²) in [5.41, 5.74) is 4.00. The lowest BCUT2D eigenvalue weighted by Crippen LogP contribution is -2.41. The van der Waals surface area contributed by atoms with Crippen molar-refractivity contribution in [2.24, 2.45) is 7.05 Å². The SMILES string of the molecule is Cc1c(C(C)NC2CC(c3ccccc3Br)C2)cnn1C.